The molecular weight excluding hydrogens is 312 g/mol. The van der Waals surface area contributed by atoms with Crippen LogP contribution < -0.4 is 0 Å². The van der Waals surface area contributed by atoms with Crippen LogP contribution in [0.5, 0.6) is 0 Å². The Balaban J connectivity index is 1.46. The first-order chi connectivity index (χ1) is 12.7. The fourth-order valence-corrected chi connectivity index (χ4v) is 6.02. The van der Waals surface area contributed by atoms with Crippen molar-refractivity contribution in [2.45, 2.75) is 104 Å². The first-order valence-corrected chi connectivity index (χ1v) is 11.8. The molecular formula is C26H42. The molecule has 3 rings (SSSR count). The molecule has 2 fully saturated rings. The molecule has 1 aromatic carbocycles. The van der Waals surface area contributed by atoms with Crippen LogP contribution >= 0.6 is 0 Å². The Morgan fingerprint density at radius 1 is 0.769 bits per heavy atom. The standard InChI is InChI=1S/C26H42/c1-4-6-21-8-12-23(13-9-21)20(3)24-16-18-26(19-17-24)25-14-10-22(7-5-2)11-15-25/h10-11,14-15,20-21,23-24,26H,4-9,12-13,16-19H2,1-3H3. The number of aryl methyl sites for hydroxylation is 1. The van der Waals surface area contributed by atoms with Gasteiger partial charge in [-0.15, -0.1) is 0 Å². The van der Waals surface area contributed by atoms with Crippen molar-refractivity contribution in [2.75, 3.05) is 0 Å². The average Bonchev–Trinajstić information content (AvgIpc) is 2.69. The third kappa shape index (κ3) is 5.14. The predicted octanol–water partition coefficient (Wildman–Crippen LogP) is 8.16. The quantitative estimate of drug-likeness (QED) is 0.463. The van der Waals surface area contributed by atoms with Crippen LogP contribution in [0.25, 0.3) is 0 Å². The monoisotopic (exact) mass is 354 g/mol. The van der Waals surface area contributed by atoms with Crippen LogP contribution in [-0.2, 0) is 6.42 Å². The van der Waals surface area contributed by atoms with Gasteiger partial charge in [-0.1, -0.05) is 77.1 Å². The Labute approximate surface area is 163 Å². The lowest BCUT2D eigenvalue weighted by molar-refractivity contribution is 0.132. The topological polar surface area (TPSA) is 0 Å². The zero-order valence-electron chi connectivity index (χ0n) is 17.7. The summed E-state index contributed by atoms with van der Waals surface area (Å²) in [5.74, 6) is 4.87. The van der Waals surface area contributed by atoms with Crippen molar-refractivity contribution in [3.05, 3.63) is 35.4 Å². The molecule has 146 valence electrons. The summed E-state index contributed by atoms with van der Waals surface area (Å²) in [5.41, 5.74) is 3.12. The molecule has 26 heavy (non-hydrogen) atoms. The molecule has 1 unspecified atom stereocenters. The van der Waals surface area contributed by atoms with E-state index in [0.29, 0.717) is 0 Å². The molecule has 0 heterocycles. The summed E-state index contributed by atoms with van der Waals surface area (Å²) in [6.45, 7) is 7.21. The molecule has 0 nitrogen and oxygen atoms in total. The Morgan fingerprint density at radius 2 is 1.35 bits per heavy atom. The van der Waals surface area contributed by atoms with Crippen LogP contribution in [0, 0.1) is 23.7 Å². The second-order valence-electron chi connectivity index (χ2n) is 9.53. The number of hydrogen-bond donors (Lipinski definition) is 0. The minimum Gasteiger partial charge on any atom is -0.0654 e. The molecule has 0 aliphatic heterocycles. The van der Waals surface area contributed by atoms with Crippen LogP contribution in [0.2, 0.25) is 0 Å². The van der Waals surface area contributed by atoms with Crippen LogP contribution in [0.1, 0.15) is 108 Å². The maximum atomic E-state index is 2.59. The largest absolute Gasteiger partial charge is 0.0654 e. The molecule has 0 saturated heterocycles. The second-order valence-corrected chi connectivity index (χ2v) is 9.53. The van der Waals surface area contributed by atoms with Crippen molar-refractivity contribution in [2.24, 2.45) is 23.7 Å². The van der Waals surface area contributed by atoms with E-state index in [4.69, 9.17) is 0 Å². The second kappa shape index (κ2) is 9.95. The van der Waals surface area contributed by atoms with Crippen molar-refractivity contribution in [1.29, 1.82) is 0 Å². The highest BCUT2D eigenvalue weighted by molar-refractivity contribution is 5.26. The summed E-state index contributed by atoms with van der Waals surface area (Å²) in [5, 5.41) is 0. The fourth-order valence-electron chi connectivity index (χ4n) is 6.02. The van der Waals surface area contributed by atoms with Gasteiger partial charge in [0.1, 0.15) is 0 Å². The Morgan fingerprint density at radius 3 is 1.88 bits per heavy atom. The molecule has 0 spiro atoms. The van der Waals surface area contributed by atoms with Crippen LogP contribution in [0.4, 0.5) is 0 Å². The van der Waals surface area contributed by atoms with Crippen molar-refractivity contribution in [3.63, 3.8) is 0 Å². The SMILES string of the molecule is CCCc1ccc(C2CCC(C(C)C3CCC(CCC)CC3)CC2)cc1. The molecule has 1 aromatic rings. The Hall–Kier alpha value is -0.780. The molecule has 2 aliphatic rings. The van der Waals surface area contributed by atoms with Gasteiger partial charge in [0.2, 0.25) is 0 Å². The van der Waals surface area contributed by atoms with E-state index in [2.05, 4.69) is 45.0 Å². The third-order valence-corrected chi connectivity index (χ3v) is 7.84. The molecule has 0 heteroatoms. The summed E-state index contributed by atoms with van der Waals surface area (Å²) in [7, 11) is 0. The molecule has 0 bridgehead atoms. The zero-order chi connectivity index (χ0) is 18.4. The summed E-state index contributed by atoms with van der Waals surface area (Å²) in [4.78, 5) is 0. The molecule has 2 saturated carbocycles. The number of hydrogen-bond acceptors (Lipinski definition) is 0. The predicted molar refractivity (Wildman–Crippen MR) is 115 cm³/mol. The minimum absolute atomic E-state index is 0.828. The first-order valence-electron chi connectivity index (χ1n) is 11.8. The van der Waals surface area contributed by atoms with Crippen LogP contribution in [0.15, 0.2) is 24.3 Å². The van der Waals surface area contributed by atoms with Gasteiger partial charge >= 0.3 is 0 Å². The lowest BCUT2D eigenvalue weighted by Crippen LogP contribution is -2.28. The van der Waals surface area contributed by atoms with Crippen LogP contribution in [-0.4, -0.2) is 0 Å². The van der Waals surface area contributed by atoms with Gasteiger partial charge in [-0.3, -0.25) is 0 Å². The van der Waals surface area contributed by atoms with E-state index in [1.54, 1.807) is 5.56 Å². The van der Waals surface area contributed by atoms with E-state index in [9.17, 15) is 0 Å². The molecule has 0 N–H and O–H groups in total. The Bertz CT molecular complexity index is 497. The molecule has 0 radical (unpaired) electrons. The highest BCUT2D eigenvalue weighted by Gasteiger charge is 2.32. The van der Waals surface area contributed by atoms with E-state index < -0.39 is 0 Å². The van der Waals surface area contributed by atoms with Crippen molar-refractivity contribution in [1.82, 2.24) is 0 Å². The zero-order valence-corrected chi connectivity index (χ0v) is 17.7. The lowest BCUT2D eigenvalue weighted by Gasteiger charge is -2.39. The molecule has 0 amide bonds. The summed E-state index contributed by atoms with van der Waals surface area (Å²) < 4.78 is 0. The van der Waals surface area contributed by atoms with E-state index in [0.717, 1.165) is 29.6 Å². The summed E-state index contributed by atoms with van der Waals surface area (Å²) in [6, 6.07) is 9.60. The third-order valence-electron chi connectivity index (χ3n) is 7.84. The van der Waals surface area contributed by atoms with E-state index in [1.165, 1.54) is 82.6 Å². The van der Waals surface area contributed by atoms with Gasteiger partial charge in [0, 0.05) is 0 Å². The maximum absolute atomic E-state index is 2.59. The first kappa shape index (κ1) is 20.0. The van der Waals surface area contributed by atoms with E-state index >= 15 is 0 Å². The van der Waals surface area contributed by atoms with Gasteiger partial charge in [-0.2, -0.15) is 0 Å². The van der Waals surface area contributed by atoms with Crippen molar-refractivity contribution < 1.29 is 0 Å². The van der Waals surface area contributed by atoms with E-state index in [-0.39, 0.29) is 0 Å². The van der Waals surface area contributed by atoms with Gasteiger partial charge in [-0.05, 0) is 85.7 Å². The van der Waals surface area contributed by atoms with Crippen molar-refractivity contribution in [3.8, 4) is 0 Å². The van der Waals surface area contributed by atoms with Gasteiger partial charge < -0.3 is 0 Å². The smallest absolute Gasteiger partial charge is 0.0162 e. The molecule has 0 aromatic heterocycles. The van der Waals surface area contributed by atoms with E-state index in [1.807, 2.05) is 0 Å². The fraction of sp³-hybridized carbons (Fsp3) is 0.769. The lowest BCUT2D eigenvalue weighted by atomic mass is 9.66. The van der Waals surface area contributed by atoms with Gasteiger partial charge in [-0.25, -0.2) is 0 Å². The number of rotatable bonds is 7. The Kier molecular flexibility index (Phi) is 7.64. The molecule has 1 atom stereocenters. The average molecular weight is 355 g/mol. The summed E-state index contributed by atoms with van der Waals surface area (Å²) >= 11 is 0. The highest BCUT2D eigenvalue weighted by Crippen LogP contribution is 2.44. The summed E-state index contributed by atoms with van der Waals surface area (Å²) in [6.07, 6.45) is 17.2. The van der Waals surface area contributed by atoms with Crippen LogP contribution in [0.3, 0.4) is 0 Å². The minimum atomic E-state index is 0.828. The molecule has 2 aliphatic carbocycles. The highest BCUT2D eigenvalue weighted by atomic mass is 14.4. The normalized spacial score (nSPS) is 30.9. The van der Waals surface area contributed by atoms with Gasteiger partial charge in [0.05, 0.1) is 0 Å². The van der Waals surface area contributed by atoms with Crippen molar-refractivity contribution >= 4 is 0 Å². The van der Waals surface area contributed by atoms with Gasteiger partial charge in [0.15, 0.2) is 0 Å². The van der Waals surface area contributed by atoms with Gasteiger partial charge in [0.25, 0.3) is 0 Å². The maximum Gasteiger partial charge on any atom is -0.0162 e. The number of benzene rings is 1.